The molecule has 2 aromatic rings. The van der Waals surface area contributed by atoms with Gasteiger partial charge in [0, 0.05) is 44.1 Å². The Labute approximate surface area is 227 Å². The Morgan fingerprint density at radius 3 is 2.63 bits per heavy atom. The normalized spacial score (nSPS) is 20.1. The lowest BCUT2D eigenvalue weighted by molar-refractivity contribution is -0.145. The third kappa shape index (κ3) is 5.87. The Kier molecular flexibility index (Phi) is 8.61. The van der Waals surface area contributed by atoms with Gasteiger partial charge in [-0.25, -0.2) is 5.01 Å². The number of carbonyl (C=O) groups excluding carboxylic acids is 2. The summed E-state index contributed by atoms with van der Waals surface area (Å²) in [7, 11) is 3.24. The molecule has 1 saturated heterocycles. The van der Waals surface area contributed by atoms with E-state index in [1.165, 1.54) is 0 Å². The van der Waals surface area contributed by atoms with E-state index in [1.807, 2.05) is 35.7 Å². The highest BCUT2D eigenvalue weighted by Crippen LogP contribution is 2.40. The van der Waals surface area contributed by atoms with Gasteiger partial charge in [0.25, 0.3) is 5.91 Å². The van der Waals surface area contributed by atoms with Crippen molar-refractivity contribution in [3.05, 3.63) is 46.2 Å². The van der Waals surface area contributed by atoms with E-state index < -0.39 is 0 Å². The standard InChI is InChI=1S/C28H36N4O5S/c1-35-21-8-9-25(36-2)22(17-21)24-18-23(26-7-4-16-38-26)29-32(24)27(33)19-31(28(34)20-5-3-6-20)11-10-30-12-14-37-15-13-30/h4,7-9,16-17,20,24H,3,5-6,10-15,18-19H2,1-2H3/t24-/m0/s1. The maximum atomic E-state index is 13.9. The van der Waals surface area contributed by atoms with Gasteiger partial charge in [-0.05, 0) is 42.5 Å². The van der Waals surface area contributed by atoms with Crippen molar-refractivity contribution < 1.29 is 23.8 Å². The summed E-state index contributed by atoms with van der Waals surface area (Å²) in [6.45, 7) is 4.34. The molecule has 9 nitrogen and oxygen atoms in total. The van der Waals surface area contributed by atoms with Crippen LogP contribution in [0.25, 0.3) is 0 Å². The van der Waals surface area contributed by atoms with Crippen molar-refractivity contribution in [3.8, 4) is 11.5 Å². The van der Waals surface area contributed by atoms with Gasteiger partial charge in [0.05, 0.1) is 44.1 Å². The van der Waals surface area contributed by atoms with Gasteiger partial charge in [0.15, 0.2) is 0 Å². The molecule has 1 atom stereocenters. The molecule has 2 amide bonds. The third-order valence-electron chi connectivity index (χ3n) is 7.65. The fraction of sp³-hybridized carbons (Fsp3) is 0.536. The first-order chi connectivity index (χ1) is 18.6. The number of amides is 2. The number of ether oxygens (including phenoxy) is 3. The van der Waals surface area contributed by atoms with Crippen molar-refractivity contribution in [3.63, 3.8) is 0 Å². The van der Waals surface area contributed by atoms with Crippen LogP contribution in [0.2, 0.25) is 0 Å². The summed E-state index contributed by atoms with van der Waals surface area (Å²) in [5.41, 5.74) is 1.69. The number of thiophene rings is 1. The monoisotopic (exact) mass is 540 g/mol. The molecule has 1 aromatic heterocycles. The van der Waals surface area contributed by atoms with Crippen LogP contribution in [-0.2, 0) is 14.3 Å². The molecule has 10 heteroatoms. The van der Waals surface area contributed by atoms with Gasteiger partial charge in [-0.3, -0.25) is 14.5 Å². The summed E-state index contributed by atoms with van der Waals surface area (Å²) >= 11 is 1.60. The first kappa shape index (κ1) is 26.6. The lowest BCUT2D eigenvalue weighted by Crippen LogP contribution is -2.49. The van der Waals surface area contributed by atoms with Gasteiger partial charge in [0.2, 0.25) is 5.91 Å². The first-order valence-electron chi connectivity index (χ1n) is 13.3. The van der Waals surface area contributed by atoms with E-state index in [-0.39, 0.29) is 30.3 Å². The summed E-state index contributed by atoms with van der Waals surface area (Å²) < 4.78 is 16.6. The Balaban J connectivity index is 1.39. The Bertz CT molecular complexity index is 1140. The molecular formula is C28H36N4O5S. The lowest BCUT2D eigenvalue weighted by atomic mass is 9.84. The molecule has 2 fully saturated rings. The second kappa shape index (κ2) is 12.3. The maximum absolute atomic E-state index is 13.9. The average Bonchev–Trinajstić information content (AvgIpc) is 3.60. The predicted molar refractivity (Wildman–Crippen MR) is 146 cm³/mol. The van der Waals surface area contributed by atoms with Crippen LogP contribution in [0, 0.1) is 5.92 Å². The molecule has 1 saturated carbocycles. The van der Waals surface area contributed by atoms with E-state index in [9.17, 15) is 9.59 Å². The number of carbonyl (C=O) groups is 2. The SMILES string of the molecule is COc1ccc(OC)c([C@@H]2CC(c3cccs3)=NN2C(=O)CN(CCN2CCOCC2)C(=O)C2CCC2)c1. The molecule has 0 bridgehead atoms. The van der Waals surface area contributed by atoms with Crippen molar-refractivity contribution in [1.82, 2.24) is 14.8 Å². The van der Waals surface area contributed by atoms with Gasteiger partial charge in [-0.1, -0.05) is 12.5 Å². The average molecular weight is 541 g/mol. The number of benzene rings is 1. The fourth-order valence-electron chi connectivity index (χ4n) is 5.18. The van der Waals surface area contributed by atoms with E-state index >= 15 is 0 Å². The molecule has 5 rings (SSSR count). The molecule has 204 valence electrons. The molecule has 0 spiro atoms. The van der Waals surface area contributed by atoms with Crippen LogP contribution < -0.4 is 9.47 Å². The molecule has 0 radical (unpaired) electrons. The first-order valence-corrected chi connectivity index (χ1v) is 14.2. The van der Waals surface area contributed by atoms with Crippen LogP contribution in [0.1, 0.15) is 42.2 Å². The highest BCUT2D eigenvalue weighted by Gasteiger charge is 2.38. The highest BCUT2D eigenvalue weighted by atomic mass is 32.1. The molecule has 0 unspecified atom stereocenters. The second-order valence-corrected chi connectivity index (χ2v) is 10.9. The number of rotatable bonds is 10. The van der Waals surface area contributed by atoms with Gasteiger partial charge < -0.3 is 19.1 Å². The van der Waals surface area contributed by atoms with Gasteiger partial charge >= 0.3 is 0 Å². The van der Waals surface area contributed by atoms with E-state index in [0.29, 0.717) is 37.7 Å². The number of hydrogen-bond donors (Lipinski definition) is 0. The zero-order chi connectivity index (χ0) is 26.5. The molecule has 38 heavy (non-hydrogen) atoms. The summed E-state index contributed by atoms with van der Waals surface area (Å²) in [6, 6.07) is 9.26. The number of nitrogens with zero attached hydrogens (tertiary/aromatic N) is 4. The Morgan fingerprint density at radius 1 is 1.16 bits per heavy atom. The molecule has 1 aliphatic carbocycles. The number of morpholine rings is 1. The van der Waals surface area contributed by atoms with E-state index in [2.05, 4.69) is 4.90 Å². The molecule has 0 N–H and O–H groups in total. The highest BCUT2D eigenvalue weighted by molar-refractivity contribution is 7.12. The largest absolute Gasteiger partial charge is 0.497 e. The third-order valence-corrected chi connectivity index (χ3v) is 8.57. The van der Waals surface area contributed by atoms with Crippen molar-refractivity contribution in [1.29, 1.82) is 0 Å². The molecule has 2 aliphatic heterocycles. The van der Waals surface area contributed by atoms with Crippen molar-refractivity contribution in [2.75, 3.05) is 60.2 Å². The van der Waals surface area contributed by atoms with Gasteiger partial charge in [-0.2, -0.15) is 5.10 Å². The number of methoxy groups -OCH3 is 2. The topological polar surface area (TPSA) is 83.9 Å². The van der Waals surface area contributed by atoms with Crippen molar-refractivity contribution >= 4 is 28.9 Å². The number of hydrazone groups is 1. The molecule has 3 aliphatic rings. The van der Waals surface area contributed by atoms with Crippen LogP contribution in [0.5, 0.6) is 11.5 Å². The van der Waals surface area contributed by atoms with Crippen LogP contribution in [0.15, 0.2) is 40.8 Å². The van der Waals surface area contributed by atoms with E-state index in [4.69, 9.17) is 19.3 Å². The lowest BCUT2D eigenvalue weighted by Gasteiger charge is -2.34. The van der Waals surface area contributed by atoms with Gasteiger partial charge in [0.1, 0.15) is 18.0 Å². The van der Waals surface area contributed by atoms with Crippen LogP contribution in [0.3, 0.4) is 0 Å². The van der Waals surface area contributed by atoms with Crippen LogP contribution >= 0.6 is 11.3 Å². The molecular weight excluding hydrogens is 504 g/mol. The zero-order valence-corrected chi connectivity index (χ0v) is 23.0. The second-order valence-electron chi connectivity index (χ2n) is 9.93. The summed E-state index contributed by atoms with van der Waals surface area (Å²) in [6.07, 6.45) is 3.42. The summed E-state index contributed by atoms with van der Waals surface area (Å²) in [4.78, 5) is 32.4. The van der Waals surface area contributed by atoms with Crippen molar-refractivity contribution in [2.45, 2.75) is 31.7 Å². The van der Waals surface area contributed by atoms with Gasteiger partial charge in [-0.15, -0.1) is 11.3 Å². The van der Waals surface area contributed by atoms with E-state index in [1.54, 1.807) is 35.5 Å². The quantitative estimate of drug-likeness (QED) is 0.459. The fourth-order valence-corrected chi connectivity index (χ4v) is 5.90. The van der Waals surface area contributed by atoms with Crippen molar-refractivity contribution in [2.24, 2.45) is 11.0 Å². The minimum atomic E-state index is -0.357. The predicted octanol–water partition coefficient (Wildman–Crippen LogP) is 3.40. The maximum Gasteiger partial charge on any atom is 0.262 e. The smallest absolute Gasteiger partial charge is 0.262 e. The Morgan fingerprint density at radius 2 is 1.97 bits per heavy atom. The van der Waals surface area contributed by atoms with Crippen LogP contribution in [0.4, 0.5) is 0 Å². The summed E-state index contributed by atoms with van der Waals surface area (Å²) in [5.74, 6) is 1.26. The summed E-state index contributed by atoms with van der Waals surface area (Å²) in [5, 5.41) is 8.38. The zero-order valence-electron chi connectivity index (χ0n) is 22.1. The number of hydrogen-bond acceptors (Lipinski definition) is 8. The molecule has 1 aromatic carbocycles. The van der Waals surface area contributed by atoms with Crippen LogP contribution in [-0.4, -0.2) is 92.5 Å². The van der Waals surface area contributed by atoms with E-state index in [0.717, 1.165) is 55.0 Å². The minimum absolute atomic E-state index is 0.00365. The molecule has 3 heterocycles. The Hall–Kier alpha value is -2.95. The minimum Gasteiger partial charge on any atom is -0.497 e.